The Hall–Kier alpha value is -1.41. The van der Waals surface area contributed by atoms with Crippen LogP contribution >= 0.6 is 11.6 Å². The number of amides is 2. The van der Waals surface area contributed by atoms with Crippen molar-refractivity contribution in [3.8, 4) is 0 Å². The van der Waals surface area contributed by atoms with E-state index in [2.05, 4.69) is 15.6 Å². The second kappa shape index (κ2) is 14.9. The van der Waals surface area contributed by atoms with Crippen molar-refractivity contribution in [2.75, 3.05) is 47.0 Å². The molecular weight excluding hydrogens is 452 g/mol. The summed E-state index contributed by atoms with van der Waals surface area (Å²) >= 11 is 6.26. The van der Waals surface area contributed by atoms with E-state index in [1.165, 1.54) is 32.1 Å². The quantitative estimate of drug-likeness (QED) is 0.408. The molecule has 7 nitrogen and oxygen atoms in total. The fourth-order valence-electron chi connectivity index (χ4n) is 5.43. The number of nitrogens with one attached hydrogen (secondary N) is 2. The van der Waals surface area contributed by atoms with Crippen LogP contribution in [0, 0.1) is 11.8 Å². The number of hydrogen-bond acceptors (Lipinski definition) is 5. The van der Waals surface area contributed by atoms with Crippen LogP contribution in [0.2, 0.25) is 5.02 Å². The van der Waals surface area contributed by atoms with Crippen LogP contribution in [-0.2, 0) is 9.47 Å². The molecule has 0 radical (unpaired) electrons. The van der Waals surface area contributed by atoms with Crippen molar-refractivity contribution in [2.45, 2.75) is 69.9 Å². The first-order valence-electron chi connectivity index (χ1n) is 13.0. The van der Waals surface area contributed by atoms with Gasteiger partial charge < -0.3 is 25.0 Å². The molecule has 1 aliphatic carbocycles. The highest BCUT2D eigenvalue weighted by Crippen LogP contribution is 2.33. The van der Waals surface area contributed by atoms with Gasteiger partial charge in [0.25, 0.3) is 0 Å². The lowest BCUT2D eigenvalue weighted by Crippen LogP contribution is -2.52. The molecule has 1 saturated heterocycles. The summed E-state index contributed by atoms with van der Waals surface area (Å²) < 4.78 is 11.5. The van der Waals surface area contributed by atoms with E-state index in [-0.39, 0.29) is 24.1 Å². The zero-order chi connectivity index (χ0) is 24.2. The number of ether oxygens (including phenoxy) is 2. The molecule has 0 unspecified atom stereocenters. The van der Waals surface area contributed by atoms with Gasteiger partial charge in [0.1, 0.15) is 6.10 Å². The minimum absolute atomic E-state index is 0.0398. The first kappa shape index (κ1) is 27.2. The molecule has 192 valence electrons. The van der Waals surface area contributed by atoms with E-state index >= 15 is 0 Å². The molecule has 8 heteroatoms. The number of likely N-dealkylation sites (N-methyl/N-ethyl adjacent to an activating group) is 1. The lowest BCUT2D eigenvalue weighted by molar-refractivity contribution is -0.0191. The number of pyridine rings is 1. The van der Waals surface area contributed by atoms with Gasteiger partial charge in [0.15, 0.2) is 0 Å². The number of rotatable bonds is 12. The molecule has 0 aromatic carbocycles. The number of carbonyl (C=O) groups excluding carboxylic acids is 1. The summed E-state index contributed by atoms with van der Waals surface area (Å²) in [6.07, 6.45) is 11.9. The highest BCUT2D eigenvalue weighted by Gasteiger charge is 2.33. The van der Waals surface area contributed by atoms with Gasteiger partial charge in [0.05, 0.1) is 5.69 Å². The molecule has 2 fully saturated rings. The average Bonchev–Trinajstić information content (AvgIpc) is 2.85. The third-order valence-electron chi connectivity index (χ3n) is 7.12. The number of halogens is 1. The molecule has 1 saturated carbocycles. The van der Waals surface area contributed by atoms with Gasteiger partial charge in [-0.3, -0.25) is 4.98 Å². The van der Waals surface area contributed by atoms with Gasteiger partial charge in [-0.15, -0.1) is 0 Å². The lowest BCUT2D eigenvalue weighted by atomic mass is 9.85. The number of carbonyl (C=O) groups is 1. The van der Waals surface area contributed by atoms with Crippen LogP contribution in [0.3, 0.4) is 0 Å². The van der Waals surface area contributed by atoms with E-state index in [0.717, 1.165) is 50.4 Å². The Labute approximate surface area is 210 Å². The lowest BCUT2D eigenvalue weighted by Gasteiger charge is -2.37. The first-order chi connectivity index (χ1) is 16.6. The van der Waals surface area contributed by atoms with E-state index < -0.39 is 0 Å². The van der Waals surface area contributed by atoms with Crippen molar-refractivity contribution in [2.24, 2.45) is 11.8 Å². The molecule has 3 atom stereocenters. The molecule has 2 N–H and O–H groups in total. The Morgan fingerprint density at radius 3 is 2.79 bits per heavy atom. The molecule has 34 heavy (non-hydrogen) atoms. The predicted molar refractivity (Wildman–Crippen MR) is 136 cm³/mol. The molecule has 0 spiro atoms. The van der Waals surface area contributed by atoms with Gasteiger partial charge in [-0.25, -0.2) is 4.79 Å². The van der Waals surface area contributed by atoms with Crippen LogP contribution in [0.5, 0.6) is 0 Å². The monoisotopic (exact) mass is 494 g/mol. The van der Waals surface area contributed by atoms with E-state index in [1.807, 2.05) is 18.0 Å². The van der Waals surface area contributed by atoms with Gasteiger partial charge in [0, 0.05) is 63.1 Å². The highest BCUT2D eigenvalue weighted by atomic mass is 35.5. The zero-order valence-electron chi connectivity index (χ0n) is 20.9. The molecular formula is C26H43ClN4O3. The number of aromatic nitrogens is 1. The van der Waals surface area contributed by atoms with E-state index in [9.17, 15) is 4.79 Å². The third kappa shape index (κ3) is 8.67. The Bertz CT molecular complexity index is 732. The summed E-state index contributed by atoms with van der Waals surface area (Å²) in [4.78, 5) is 19.8. The molecule has 3 rings (SSSR count). The molecule has 1 aromatic heterocycles. The Morgan fingerprint density at radius 1 is 1.24 bits per heavy atom. The highest BCUT2D eigenvalue weighted by molar-refractivity contribution is 6.30. The van der Waals surface area contributed by atoms with Crippen molar-refractivity contribution in [3.63, 3.8) is 0 Å². The molecule has 2 heterocycles. The van der Waals surface area contributed by atoms with Crippen molar-refractivity contribution >= 4 is 17.6 Å². The van der Waals surface area contributed by atoms with Crippen molar-refractivity contribution < 1.29 is 14.3 Å². The van der Waals surface area contributed by atoms with Crippen LogP contribution in [0.25, 0.3) is 0 Å². The summed E-state index contributed by atoms with van der Waals surface area (Å²) in [6, 6.07) is 3.87. The number of likely N-dealkylation sites (tertiary alicyclic amines) is 1. The average molecular weight is 495 g/mol. The summed E-state index contributed by atoms with van der Waals surface area (Å²) in [6.45, 7) is 3.48. The second-order valence-electron chi connectivity index (χ2n) is 9.83. The maximum Gasteiger partial charge on any atom is 0.317 e. The van der Waals surface area contributed by atoms with Crippen LogP contribution < -0.4 is 10.6 Å². The summed E-state index contributed by atoms with van der Waals surface area (Å²) in [7, 11) is 3.66. The fourth-order valence-corrected chi connectivity index (χ4v) is 5.59. The molecule has 1 aromatic rings. The third-order valence-corrected chi connectivity index (χ3v) is 7.35. The van der Waals surface area contributed by atoms with Crippen LogP contribution in [0.4, 0.5) is 4.79 Å². The normalized spacial score (nSPS) is 21.3. The van der Waals surface area contributed by atoms with Crippen LogP contribution in [-0.4, -0.2) is 69.0 Å². The minimum Gasteiger partial charge on any atom is -0.385 e. The molecule has 2 aliphatic rings. The van der Waals surface area contributed by atoms with Crippen molar-refractivity contribution in [3.05, 3.63) is 29.0 Å². The predicted octanol–water partition coefficient (Wildman–Crippen LogP) is 4.81. The van der Waals surface area contributed by atoms with Crippen LogP contribution in [0.15, 0.2) is 18.3 Å². The maximum absolute atomic E-state index is 13.3. The standard InChI is InChI=1S/C26H43ClN4O3/c1-28-18-23(16-20-8-4-3-5-9-20)30-26(32)31-13-6-10-21(19-31)25(34-15-7-14-33-2)24-17-22(27)11-12-29-24/h11-12,17,20-21,23,25,28H,3-10,13-16,18-19H2,1-2H3,(H,30,32)/t21-,23+,25-/m1/s1. The Balaban J connectivity index is 1.62. The number of methoxy groups -OCH3 is 1. The summed E-state index contributed by atoms with van der Waals surface area (Å²) in [5.41, 5.74) is 0.836. The smallest absolute Gasteiger partial charge is 0.317 e. The number of piperidine rings is 1. The van der Waals surface area contributed by atoms with Gasteiger partial charge in [-0.2, -0.15) is 0 Å². The second-order valence-corrected chi connectivity index (χ2v) is 10.3. The van der Waals surface area contributed by atoms with E-state index in [4.69, 9.17) is 21.1 Å². The Morgan fingerprint density at radius 2 is 2.06 bits per heavy atom. The topological polar surface area (TPSA) is 75.7 Å². The molecule has 0 bridgehead atoms. The van der Waals surface area contributed by atoms with E-state index in [1.54, 1.807) is 19.4 Å². The maximum atomic E-state index is 13.3. The zero-order valence-corrected chi connectivity index (χ0v) is 21.7. The van der Waals surface area contributed by atoms with E-state index in [0.29, 0.717) is 24.8 Å². The minimum atomic E-state index is -0.193. The van der Waals surface area contributed by atoms with Gasteiger partial charge in [-0.05, 0) is 50.8 Å². The summed E-state index contributed by atoms with van der Waals surface area (Å²) in [5.74, 6) is 0.898. The number of nitrogens with zero attached hydrogens (tertiary/aromatic N) is 2. The molecule has 2 amide bonds. The largest absolute Gasteiger partial charge is 0.385 e. The molecule has 1 aliphatic heterocycles. The number of urea groups is 1. The van der Waals surface area contributed by atoms with Gasteiger partial charge in [-0.1, -0.05) is 43.7 Å². The fraction of sp³-hybridized carbons (Fsp3) is 0.769. The Kier molecular flexibility index (Phi) is 11.9. The van der Waals surface area contributed by atoms with Crippen molar-refractivity contribution in [1.82, 2.24) is 20.5 Å². The summed E-state index contributed by atoms with van der Waals surface area (Å²) in [5, 5.41) is 7.25. The van der Waals surface area contributed by atoms with Gasteiger partial charge >= 0.3 is 6.03 Å². The van der Waals surface area contributed by atoms with Crippen molar-refractivity contribution in [1.29, 1.82) is 0 Å². The first-order valence-corrected chi connectivity index (χ1v) is 13.4. The van der Waals surface area contributed by atoms with Gasteiger partial charge in [0.2, 0.25) is 0 Å². The number of hydrogen-bond donors (Lipinski definition) is 2. The SMILES string of the molecule is CNC[C@H](CC1CCCCC1)NC(=O)N1CCC[C@@H]([C@@H](OCCCOC)c2cc(Cl)ccn2)C1. The van der Waals surface area contributed by atoms with Crippen LogP contribution in [0.1, 0.15) is 69.6 Å².